The van der Waals surface area contributed by atoms with Gasteiger partial charge in [0.25, 0.3) is 0 Å². The standard InChI is InChI=1S/C20H20ClNO2/c21-18-8-4-3-6-16(18)9-10-19(23)22-14-20(24)12-11-15-5-1-2-7-17(15)13-20/h1-10,24H,11-14H2,(H,22,23). The zero-order valence-electron chi connectivity index (χ0n) is 13.3. The highest BCUT2D eigenvalue weighted by Crippen LogP contribution is 2.28. The minimum atomic E-state index is -0.887. The number of halogens is 1. The molecule has 3 rings (SSSR count). The Labute approximate surface area is 147 Å². The normalized spacial score (nSPS) is 19.9. The number of benzene rings is 2. The van der Waals surface area contributed by atoms with Gasteiger partial charge in [0.05, 0.1) is 5.60 Å². The van der Waals surface area contributed by atoms with E-state index in [1.807, 2.05) is 36.4 Å². The highest BCUT2D eigenvalue weighted by molar-refractivity contribution is 6.32. The van der Waals surface area contributed by atoms with Crippen molar-refractivity contribution < 1.29 is 9.90 Å². The number of aliphatic hydroxyl groups is 1. The van der Waals surface area contributed by atoms with Crippen molar-refractivity contribution in [3.05, 3.63) is 76.3 Å². The Bertz CT molecular complexity index is 772. The summed E-state index contributed by atoms with van der Waals surface area (Å²) in [6, 6.07) is 15.5. The zero-order valence-corrected chi connectivity index (χ0v) is 14.1. The van der Waals surface area contributed by atoms with Gasteiger partial charge in [0, 0.05) is 24.1 Å². The number of carbonyl (C=O) groups excluding carboxylic acids is 1. The zero-order chi connectivity index (χ0) is 17.0. The van der Waals surface area contributed by atoms with Crippen LogP contribution in [-0.4, -0.2) is 23.2 Å². The first-order valence-electron chi connectivity index (χ1n) is 8.05. The van der Waals surface area contributed by atoms with Crippen molar-refractivity contribution in [3.8, 4) is 0 Å². The summed E-state index contributed by atoms with van der Waals surface area (Å²) in [4.78, 5) is 12.0. The van der Waals surface area contributed by atoms with Crippen LogP contribution in [0.5, 0.6) is 0 Å². The number of aryl methyl sites for hydroxylation is 1. The van der Waals surface area contributed by atoms with Crippen molar-refractivity contribution in [2.45, 2.75) is 24.9 Å². The van der Waals surface area contributed by atoms with E-state index in [4.69, 9.17) is 11.6 Å². The van der Waals surface area contributed by atoms with Gasteiger partial charge in [-0.15, -0.1) is 0 Å². The van der Waals surface area contributed by atoms with Gasteiger partial charge in [-0.2, -0.15) is 0 Å². The maximum absolute atomic E-state index is 12.0. The molecule has 0 saturated carbocycles. The van der Waals surface area contributed by atoms with Crippen LogP contribution in [0, 0.1) is 0 Å². The molecule has 2 aromatic carbocycles. The number of hydrogen-bond donors (Lipinski definition) is 2. The van der Waals surface area contributed by atoms with E-state index in [9.17, 15) is 9.90 Å². The molecule has 0 spiro atoms. The SMILES string of the molecule is O=C(C=Cc1ccccc1Cl)NCC1(O)CCc2ccccc2C1. The van der Waals surface area contributed by atoms with Crippen LogP contribution in [0.25, 0.3) is 6.08 Å². The Kier molecular flexibility index (Phi) is 5.03. The Balaban J connectivity index is 1.58. The van der Waals surface area contributed by atoms with Gasteiger partial charge in [0.2, 0.25) is 5.91 Å². The first kappa shape index (κ1) is 16.7. The molecule has 0 fully saturated rings. The molecular formula is C20H20ClNO2. The summed E-state index contributed by atoms with van der Waals surface area (Å²) < 4.78 is 0. The summed E-state index contributed by atoms with van der Waals surface area (Å²) in [7, 11) is 0. The van der Waals surface area contributed by atoms with Crippen molar-refractivity contribution in [2.24, 2.45) is 0 Å². The van der Waals surface area contributed by atoms with E-state index >= 15 is 0 Å². The van der Waals surface area contributed by atoms with Crippen molar-refractivity contribution in [3.63, 3.8) is 0 Å². The minimum absolute atomic E-state index is 0.234. The summed E-state index contributed by atoms with van der Waals surface area (Å²) in [6.45, 7) is 0.243. The van der Waals surface area contributed by atoms with Crippen LogP contribution in [0.3, 0.4) is 0 Å². The Hall–Kier alpha value is -2.10. The van der Waals surface area contributed by atoms with Gasteiger partial charge >= 0.3 is 0 Å². The van der Waals surface area contributed by atoms with Crippen LogP contribution >= 0.6 is 11.6 Å². The molecule has 124 valence electrons. The van der Waals surface area contributed by atoms with Crippen LogP contribution in [0.1, 0.15) is 23.1 Å². The van der Waals surface area contributed by atoms with Gasteiger partial charge in [-0.1, -0.05) is 54.1 Å². The monoisotopic (exact) mass is 341 g/mol. The molecule has 1 atom stereocenters. The summed E-state index contributed by atoms with van der Waals surface area (Å²) >= 11 is 6.05. The lowest BCUT2D eigenvalue weighted by atomic mass is 9.80. The molecule has 0 heterocycles. The quantitative estimate of drug-likeness (QED) is 0.837. The predicted octanol–water partition coefficient (Wildman–Crippen LogP) is 3.39. The molecule has 0 saturated heterocycles. The summed E-state index contributed by atoms with van der Waals surface area (Å²) in [6.07, 6.45) is 5.17. The number of amides is 1. The second kappa shape index (κ2) is 7.20. The van der Waals surface area contributed by atoms with E-state index < -0.39 is 5.60 Å². The average molecular weight is 342 g/mol. The van der Waals surface area contributed by atoms with Crippen molar-refractivity contribution in [1.29, 1.82) is 0 Å². The molecule has 1 unspecified atom stereocenters. The third kappa shape index (κ3) is 4.05. The maximum Gasteiger partial charge on any atom is 0.244 e. The van der Waals surface area contributed by atoms with Gasteiger partial charge in [-0.05, 0) is 41.7 Å². The lowest BCUT2D eigenvalue weighted by Gasteiger charge is -2.33. The van der Waals surface area contributed by atoms with Crippen LogP contribution in [0.4, 0.5) is 0 Å². The van der Waals surface area contributed by atoms with Crippen LogP contribution in [-0.2, 0) is 17.6 Å². The van der Waals surface area contributed by atoms with Gasteiger partial charge < -0.3 is 10.4 Å². The van der Waals surface area contributed by atoms with Gasteiger partial charge in [-0.3, -0.25) is 4.79 Å². The Morgan fingerprint density at radius 2 is 1.88 bits per heavy atom. The second-order valence-electron chi connectivity index (χ2n) is 6.24. The van der Waals surface area contributed by atoms with E-state index in [-0.39, 0.29) is 12.5 Å². The van der Waals surface area contributed by atoms with E-state index in [1.54, 1.807) is 12.1 Å². The third-order valence-electron chi connectivity index (χ3n) is 4.41. The van der Waals surface area contributed by atoms with Crippen LogP contribution in [0.2, 0.25) is 5.02 Å². The molecule has 24 heavy (non-hydrogen) atoms. The number of rotatable bonds is 4. The fraction of sp³-hybridized carbons (Fsp3) is 0.250. The molecule has 1 aliphatic carbocycles. The molecule has 0 aromatic heterocycles. The topological polar surface area (TPSA) is 49.3 Å². The number of carbonyl (C=O) groups is 1. The lowest BCUT2D eigenvalue weighted by Crippen LogP contribution is -2.46. The van der Waals surface area contributed by atoms with E-state index in [0.717, 1.165) is 17.5 Å². The second-order valence-corrected chi connectivity index (χ2v) is 6.65. The van der Waals surface area contributed by atoms with E-state index in [0.29, 0.717) is 17.9 Å². The van der Waals surface area contributed by atoms with Crippen molar-refractivity contribution >= 4 is 23.6 Å². The van der Waals surface area contributed by atoms with Crippen molar-refractivity contribution in [1.82, 2.24) is 5.32 Å². The molecule has 4 heteroatoms. The minimum Gasteiger partial charge on any atom is -0.388 e. The smallest absolute Gasteiger partial charge is 0.244 e. The van der Waals surface area contributed by atoms with Gasteiger partial charge in [0.1, 0.15) is 0 Å². The van der Waals surface area contributed by atoms with E-state index in [2.05, 4.69) is 11.4 Å². The lowest BCUT2D eigenvalue weighted by molar-refractivity contribution is -0.117. The number of fused-ring (bicyclic) bond motifs is 1. The third-order valence-corrected chi connectivity index (χ3v) is 4.75. The Morgan fingerprint density at radius 3 is 2.67 bits per heavy atom. The van der Waals surface area contributed by atoms with Gasteiger partial charge in [-0.25, -0.2) is 0 Å². The van der Waals surface area contributed by atoms with Crippen LogP contribution in [0.15, 0.2) is 54.6 Å². The highest BCUT2D eigenvalue weighted by Gasteiger charge is 2.32. The van der Waals surface area contributed by atoms with Crippen LogP contribution < -0.4 is 5.32 Å². The van der Waals surface area contributed by atoms with Crippen molar-refractivity contribution in [2.75, 3.05) is 6.54 Å². The first-order chi connectivity index (χ1) is 11.6. The largest absolute Gasteiger partial charge is 0.388 e. The molecule has 1 aliphatic rings. The maximum atomic E-state index is 12.0. The van der Waals surface area contributed by atoms with Gasteiger partial charge in [0.15, 0.2) is 0 Å². The molecule has 1 amide bonds. The Morgan fingerprint density at radius 1 is 1.17 bits per heavy atom. The summed E-state index contributed by atoms with van der Waals surface area (Å²) in [5.74, 6) is -0.234. The molecule has 0 bridgehead atoms. The molecule has 0 radical (unpaired) electrons. The number of hydrogen-bond acceptors (Lipinski definition) is 2. The first-order valence-corrected chi connectivity index (χ1v) is 8.43. The fourth-order valence-electron chi connectivity index (χ4n) is 3.02. The summed E-state index contributed by atoms with van der Waals surface area (Å²) in [5, 5.41) is 14.1. The average Bonchev–Trinajstić information content (AvgIpc) is 2.59. The molecule has 2 N–H and O–H groups in total. The molecule has 3 nitrogen and oxygen atoms in total. The van der Waals surface area contributed by atoms with E-state index in [1.165, 1.54) is 11.6 Å². The summed E-state index contributed by atoms with van der Waals surface area (Å²) in [5.41, 5.74) is 2.35. The number of nitrogens with one attached hydrogen (secondary N) is 1. The highest BCUT2D eigenvalue weighted by atomic mass is 35.5. The predicted molar refractivity (Wildman–Crippen MR) is 96.9 cm³/mol. The molecule has 0 aliphatic heterocycles. The molecular weight excluding hydrogens is 322 g/mol. The molecule has 2 aromatic rings. The fourth-order valence-corrected chi connectivity index (χ4v) is 3.22.